The summed E-state index contributed by atoms with van der Waals surface area (Å²) in [6, 6.07) is 3.33. The van der Waals surface area contributed by atoms with Crippen LogP contribution in [0.1, 0.15) is 35.8 Å². The number of fused-ring (bicyclic) bond motifs is 1. The van der Waals surface area contributed by atoms with Crippen molar-refractivity contribution >= 4 is 5.91 Å². The average molecular weight is 273 g/mol. The molecule has 0 fully saturated rings. The van der Waals surface area contributed by atoms with Crippen LogP contribution in [-0.4, -0.2) is 22.4 Å². The molecule has 2 aromatic rings. The molecule has 0 aromatic carbocycles. The van der Waals surface area contributed by atoms with Crippen LogP contribution in [0.2, 0.25) is 0 Å². The number of nitrogens with one attached hydrogen (secondary N) is 2. The summed E-state index contributed by atoms with van der Waals surface area (Å²) in [5.41, 5.74) is 2.57. The van der Waals surface area contributed by atoms with Crippen LogP contribution < -0.4 is 5.32 Å². The van der Waals surface area contributed by atoms with Gasteiger partial charge < -0.3 is 10.3 Å². The van der Waals surface area contributed by atoms with Crippen LogP contribution in [0.25, 0.3) is 11.3 Å². The molecule has 2 N–H and O–H groups in total. The van der Waals surface area contributed by atoms with E-state index < -0.39 is 5.82 Å². The largest absolute Gasteiger partial charge is 0.357 e. The number of aromatic nitrogens is 2. The monoisotopic (exact) mass is 273 g/mol. The summed E-state index contributed by atoms with van der Waals surface area (Å²) < 4.78 is 13.8. The van der Waals surface area contributed by atoms with Crippen molar-refractivity contribution in [1.82, 2.24) is 15.3 Å². The van der Waals surface area contributed by atoms with E-state index in [9.17, 15) is 9.18 Å². The number of hydrogen-bond acceptors (Lipinski definition) is 2. The van der Waals surface area contributed by atoms with E-state index in [1.165, 1.54) is 12.4 Å². The maximum absolute atomic E-state index is 13.8. The zero-order valence-corrected chi connectivity index (χ0v) is 11.4. The summed E-state index contributed by atoms with van der Waals surface area (Å²) in [5, 5.41) is 2.88. The molecule has 0 aliphatic carbocycles. The van der Waals surface area contributed by atoms with Gasteiger partial charge in [-0.05, 0) is 18.1 Å². The second-order valence-corrected chi connectivity index (χ2v) is 5.43. The number of pyridine rings is 1. The first kappa shape index (κ1) is 12.8. The van der Waals surface area contributed by atoms with Crippen molar-refractivity contribution in [1.29, 1.82) is 0 Å². The third-order valence-electron chi connectivity index (χ3n) is 3.81. The highest BCUT2D eigenvalue weighted by Crippen LogP contribution is 2.33. The number of carbonyl (C=O) groups is 1. The molecule has 4 nitrogen and oxygen atoms in total. The van der Waals surface area contributed by atoms with Gasteiger partial charge in [0.1, 0.15) is 0 Å². The van der Waals surface area contributed by atoms with Gasteiger partial charge in [0.25, 0.3) is 5.91 Å². The van der Waals surface area contributed by atoms with Crippen LogP contribution in [-0.2, 0) is 0 Å². The number of carbonyl (C=O) groups excluding carboxylic acids is 1. The maximum Gasteiger partial charge on any atom is 0.253 e. The van der Waals surface area contributed by atoms with Crippen LogP contribution >= 0.6 is 0 Å². The lowest BCUT2D eigenvalue weighted by molar-refractivity contribution is 0.0936. The molecule has 3 rings (SSSR count). The van der Waals surface area contributed by atoms with Crippen molar-refractivity contribution in [3.8, 4) is 11.3 Å². The van der Waals surface area contributed by atoms with Crippen LogP contribution in [0.5, 0.6) is 0 Å². The first-order valence-electron chi connectivity index (χ1n) is 6.69. The summed E-state index contributed by atoms with van der Waals surface area (Å²) in [5.74, 6) is 0.117. The maximum atomic E-state index is 13.8. The molecule has 20 heavy (non-hydrogen) atoms. The minimum atomic E-state index is -0.396. The molecule has 0 radical (unpaired) electrons. The van der Waals surface area contributed by atoms with Crippen molar-refractivity contribution in [2.75, 3.05) is 6.54 Å². The summed E-state index contributed by atoms with van der Waals surface area (Å²) in [4.78, 5) is 18.9. The van der Waals surface area contributed by atoms with Crippen molar-refractivity contribution in [2.24, 2.45) is 5.92 Å². The minimum Gasteiger partial charge on any atom is -0.357 e. The van der Waals surface area contributed by atoms with Crippen LogP contribution in [0.4, 0.5) is 4.39 Å². The summed E-state index contributed by atoms with van der Waals surface area (Å²) in [6.07, 6.45) is 2.72. The topological polar surface area (TPSA) is 57.8 Å². The summed E-state index contributed by atoms with van der Waals surface area (Å²) >= 11 is 0. The van der Waals surface area contributed by atoms with E-state index in [-0.39, 0.29) is 11.8 Å². The SMILES string of the molecule is CC(C)[C@H]1CNC(=O)c2cc(-c3ccncc3F)[nH]c21. The molecular weight excluding hydrogens is 257 g/mol. The van der Waals surface area contributed by atoms with E-state index in [2.05, 4.69) is 29.1 Å². The second kappa shape index (κ2) is 4.74. The zero-order chi connectivity index (χ0) is 14.3. The van der Waals surface area contributed by atoms with Gasteiger partial charge >= 0.3 is 0 Å². The highest BCUT2D eigenvalue weighted by atomic mass is 19.1. The minimum absolute atomic E-state index is 0.103. The number of aromatic amines is 1. The Labute approximate surface area is 116 Å². The molecule has 0 spiro atoms. The smallest absolute Gasteiger partial charge is 0.253 e. The number of amides is 1. The predicted octanol–water partition coefficient (Wildman–Crippen LogP) is 2.70. The van der Waals surface area contributed by atoms with Crippen molar-refractivity contribution in [2.45, 2.75) is 19.8 Å². The van der Waals surface area contributed by atoms with E-state index in [1.54, 1.807) is 12.1 Å². The van der Waals surface area contributed by atoms with Gasteiger partial charge in [0.2, 0.25) is 0 Å². The molecule has 1 aliphatic rings. The molecule has 0 unspecified atom stereocenters. The van der Waals surface area contributed by atoms with E-state index >= 15 is 0 Å². The number of nitrogens with zero attached hydrogens (tertiary/aromatic N) is 1. The molecule has 2 aromatic heterocycles. The van der Waals surface area contributed by atoms with E-state index in [0.29, 0.717) is 29.3 Å². The Balaban J connectivity index is 2.11. The zero-order valence-electron chi connectivity index (χ0n) is 11.4. The van der Waals surface area contributed by atoms with E-state index in [0.717, 1.165) is 5.69 Å². The van der Waals surface area contributed by atoms with Crippen LogP contribution in [0.3, 0.4) is 0 Å². The first-order valence-corrected chi connectivity index (χ1v) is 6.69. The van der Waals surface area contributed by atoms with Crippen molar-refractivity contribution < 1.29 is 9.18 Å². The Morgan fingerprint density at radius 2 is 2.20 bits per heavy atom. The van der Waals surface area contributed by atoms with Crippen molar-refractivity contribution in [3.05, 3.63) is 41.6 Å². The molecule has 1 aliphatic heterocycles. The molecule has 5 heteroatoms. The van der Waals surface area contributed by atoms with Gasteiger partial charge in [-0.25, -0.2) is 4.39 Å². The highest BCUT2D eigenvalue weighted by Gasteiger charge is 2.30. The molecule has 0 bridgehead atoms. The molecule has 104 valence electrons. The van der Waals surface area contributed by atoms with Gasteiger partial charge in [0.05, 0.1) is 11.8 Å². The summed E-state index contributed by atoms with van der Waals surface area (Å²) in [6.45, 7) is 4.83. The fraction of sp³-hybridized carbons (Fsp3) is 0.333. The van der Waals surface area contributed by atoms with E-state index in [4.69, 9.17) is 0 Å². The van der Waals surface area contributed by atoms with Gasteiger partial charge in [-0.1, -0.05) is 13.8 Å². The molecule has 0 saturated heterocycles. The third-order valence-corrected chi connectivity index (χ3v) is 3.81. The Kier molecular flexibility index (Phi) is 3.04. The lowest BCUT2D eigenvalue weighted by Gasteiger charge is -2.25. The Bertz CT molecular complexity index is 663. The predicted molar refractivity (Wildman–Crippen MR) is 73.9 cm³/mol. The Morgan fingerprint density at radius 3 is 2.90 bits per heavy atom. The average Bonchev–Trinajstić information content (AvgIpc) is 2.84. The Morgan fingerprint density at radius 1 is 1.40 bits per heavy atom. The number of H-pyrrole nitrogens is 1. The quantitative estimate of drug-likeness (QED) is 0.884. The fourth-order valence-corrected chi connectivity index (χ4v) is 2.66. The van der Waals surface area contributed by atoms with Crippen molar-refractivity contribution in [3.63, 3.8) is 0 Å². The van der Waals surface area contributed by atoms with Gasteiger partial charge in [-0.15, -0.1) is 0 Å². The van der Waals surface area contributed by atoms with Gasteiger partial charge in [-0.3, -0.25) is 9.78 Å². The second-order valence-electron chi connectivity index (χ2n) is 5.43. The third kappa shape index (κ3) is 1.99. The molecule has 0 saturated carbocycles. The standard InChI is InChI=1S/C15H16FN3O/c1-8(2)11-6-18-15(20)10-5-13(19-14(10)11)9-3-4-17-7-12(9)16/h3-5,7-8,11,19H,6H2,1-2H3,(H,18,20)/t11-/m1/s1. The first-order chi connectivity index (χ1) is 9.58. The fourth-order valence-electron chi connectivity index (χ4n) is 2.66. The molecular formula is C15H16FN3O. The normalized spacial score (nSPS) is 18.0. The summed E-state index contributed by atoms with van der Waals surface area (Å²) in [7, 11) is 0. The lowest BCUT2D eigenvalue weighted by atomic mass is 9.88. The highest BCUT2D eigenvalue weighted by molar-refractivity contribution is 5.98. The van der Waals surface area contributed by atoms with E-state index in [1.807, 2.05) is 0 Å². The number of halogens is 1. The molecule has 3 heterocycles. The van der Waals surface area contributed by atoms with Gasteiger partial charge in [-0.2, -0.15) is 0 Å². The van der Waals surface area contributed by atoms with Crippen LogP contribution in [0.15, 0.2) is 24.5 Å². The van der Waals surface area contributed by atoms with Gasteiger partial charge in [0.15, 0.2) is 5.82 Å². The number of rotatable bonds is 2. The lowest BCUT2D eigenvalue weighted by Crippen LogP contribution is -2.36. The number of hydrogen-bond donors (Lipinski definition) is 2. The van der Waals surface area contributed by atoms with Gasteiger partial charge in [0, 0.05) is 35.6 Å². The Hall–Kier alpha value is -2.17. The molecule has 1 atom stereocenters. The molecule has 1 amide bonds. The van der Waals surface area contributed by atoms with Crippen LogP contribution in [0, 0.1) is 11.7 Å².